The molecule has 1 fully saturated rings. The Balaban J connectivity index is 1.66. The number of carboxylic acids is 1. The first kappa shape index (κ1) is 13.9. The zero-order valence-corrected chi connectivity index (χ0v) is 12.2. The number of hydrogen-bond donors (Lipinski definition) is 3. The Morgan fingerprint density at radius 3 is 2.76 bits per heavy atom. The summed E-state index contributed by atoms with van der Waals surface area (Å²) in [6, 6.07) is 7.39. The maximum Gasteiger partial charge on any atom is 0.319 e. The lowest BCUT2D eigenvalue weighted by Gasteiger charge is -2.41. The van der Waals surface area contributed by atoms with Gasteiger partial charge >= 0.3 is 12.0 Å². The molecule has 21 heavy (non-hydrogen) atoms. The molecule has 1 aliphatic rings. The van der Waals surface area contributed by atoms with Crippen molar-refractivity contribution in [3.05, 3.63) is 29.6 Å². The van der Waals surface area contributed by atoms with E-state index < -0.39 is 11.5 Å². The average molecular weight is 304 g/mol. The summed E-state index contributed by atoms with van der Waals surface area (Å²) in [5, 5.41) is 17.6. The molecule has 2 amide bonds. The summed E-state index contributed by atoms with van der Waals surface area (Å²) in [5.74, 6) is -0.880. The van der Waals surface area contributed by atoms with E-state index in [0.29, 0.717) is 5.69 Å². The highest BCUT2D eigenvalue weighted by Crippen LogP contribution is 2.35. The largest absolute Gasteiger partial charge is 0.481 e. The Morgan fingerprint density at radius 1 is 1.29 bits per heavy atom. The molecular weight excluding hydrogens is 288 g/mol. The van der Waals surface area contributed by atoms with Crippen molar-refractivity contribution in [1.82, 2.24) is 5.32 Å². The normalized spacial score (nSPS) is 16.2. The van der Waals surface area contributed by atoms with Crippen molar-refractivity contribution in [3.8, 4) is 0 Å². The Bertz CT molecular complexity index is 691. The maximum atomic E-state index is 12.1. The summed E-state index contributed by atoms with van der Waals surface area (Å²) >= 11 is 1.65. The fourth-order valence-electron chi connectivity index (χ4n) is 2.69. The highest BCUT2D eigenvalue weighted by Gasteiger charge is 2.40. The summed E-state index contributed by atoms with van der Waals surface area (Å²) < 4.78 is 1.17. The lowest BCUT2D eigenvalue weighted by atomic mass is 9.74. The van der Waals surface area contributed by atoms with Gasteiger partial charge in [-0.15, -0.1) is 11.3 Å². The maximum absolute atomic E-state index is 12.1. The summed E-state index contributed by atoms with van der Waals surface area (Å²) in [5.41, 5.74) is 0.130. The number of benzene rings is 1. The predicted molar refractivity (Wildman–Crippen MR) is 82.8 cm³/mol. The molecule has 0 saturated heterocycles. The smallest absolute Gasteiger partial charge is 0.319 e. The number of amides is 2. The zero-order valence-electron chi connectivity index (χ0n) is 11.4. The average Bonchev–Trinajstić information content (AvgIpc) is 2.82. The molecule has 0 aliphatic heterocycles. The number of nitrogens with one attached hydrogen (secondary N) is 2. The molecule has 0 bridgehead atoms. The predicted octanol–water partition coefficient (Wildman–Crippen LogP) is 3.42. The van der Waals surface area contributed by atoms with Gasteiger partial charge in [0.15, 0.2) is 0 Å². The molecule has 110 valence electrons. The van der Waals surface area contributed by atoms with Crippen molar-refractivity contribution >= 4 is 39.1 Å². The Hall–Kier alpha value is -2.08. The van der Waals surface area contributed by atoms with Gasteiger partial charge < -0.3 is 15.7 Å². The molecule has 0 unspecified atom stereocenters. The van der Waals surface area contributed by atoms with E-state index >= 15 is 0 Å². The Labute approximate surface area is 126 Å². The van der Waals surface area contributed by atoms with Crippen molar-refractivity contribution in [1.29, 1.82) is 0 Å². The molecule has 1 saturated carbocycles. The molecule has 1 aromatic carbocycles. The standard InChI is InChI=1S/C15H16N2O3S/c18-13(19)9-15(5-1-6-15)17-14(20)16-11-2-3-12-10(8-11)4-7-21-12/h2-4,7-8H,1,5-6,9H2,(H,18,19)(H2,16,17,20). The molecule has 1 aromatic heterocycles. The Morgan fingerprint density at radius 2 is 2.10 bits per heavy atom. The van der Waals surface area contributed by atoms with E-state index in [2.05, 4.69) is 10.6 Å². The first-order valence-electron chi connectivity index (χ1n) is 6.85. The van der Waals surface area contributed by atoms with Gasteiger partial charge in [0.2, 0.25) is 0 Å². The summed E-state index contributed by atoms with van der Waals surface area (Å²) in [6.45, 7) is 0. The fourth-order valence-corrected chi connectivity index (χ4v) is 3.46. The van der Waals surface area contributed by atoms with Crippen LogP contribution in [0.3, 0.4) is 0 Å². The Kier molecular flexibility index (Phi) is 3.55. The van der Waals surface area contributed by atoms with Crippen LogP contribution in [-0.2, 0) is 4.79 Å². The van der Waals surface area contributed by atoms with E-state index in [0.717, 1.165) is 24.6 Å². The molecule has 1 heterocycles. The summed E-state index contributed by atoms with van der Waals surface area (Å²) in [6.07, 6.45) is 2.37. The van der Waals surface area contributed by atoms with E-state index in [4.69, 9.17) is 5.11 Å². The van der Waals surface area contributed by atoms with E-state index in [1.54, 1.807) is 11.3 Å². The minimum absolute atomic E-state index is 0.0238. The third-order valence-electron chi connectivity index (χ3n) is 3.89. The quantitative estimate of drug-likeness (QED) is 0.810. The molecule has 3 rings (SSSR count). The van der Waals surface area contributed by atoms with E-state index in [-0.39, 0.29) is 12.5 Å². The first-order chi connectivity index (χ1) is 10.1. The van der Waals surface area contributed by atoms with Crippen molar-refractivity contribution in [2.75, 3.05) is 5.32 Å². The van der Waals surface area contributed by atoms with E-state index in [9.17, 15) is 9.59 Å². The third-order valence-corrected chi connectivity index (χ3v) is 4.79. The van der Waals surface area contributed by atoms with Crippen LogP contribution in [0.4, 0.5) is 10.5 Å². The topological polar surface area (TPSA) is 78.4 Å². The first-order valence-corrected chi connectivity index (χ1v) is 7.73. The fraction of sp³-hybridized carbons (Fsp3) is 0.333. The van der Waals surface area contributed by atoms with Gasteiger partial charge in [0.25, 0.3) is 0 Å². The second-order valence-electron chi connectivity index (χ2n) is 5.46. The number of urea groups is 1. The van der Waals surface area contributed by atoms with Gasteiger partial charge in [-0.25, -0.2) is 4.79 Å². The van der Waals surface area contributed by atoms with Gasteiger partial charge in [0, 0.05) is 10.4 Å². The van der Waals surface area contributed by atoms with Crippen LogP contribution in [0.5, 0.6) is 0 Å². The molecule has 6 heteroatoms. The van der Waals surface area contributed by atoms with E-state index in [1.165, 1.54) is 4.70 Å². The molecular formula is C15H16N2O3S. The third kappa shape index (κ3) is 3.00. The molecule has 0 radical (unpaired) electrons. The number of rotatable bonds is 4. The molecule has 0 atom stereocenters. The summed E-state index contributed by atoms with van der Waals surface area (Å²) in [4.78, 5) is 23.0. The highest BCUT2D eigenvalue weighted by atomic mass is 32.1. The van der Waals surface area contributed by atoms with Gasteiger partial charge in [-0.2, -0.15) is 0 Å². The van der Waals surface area contributed by atoms with Crippen LogP contribution in [0.15, 0.2) is 29.6 Å². The molecule has 1 aliphatic carbocycles. The van der Waals surface area contributed by atoms with Crippen molar-refractivity contribution < 1.29 is 14.7 Å². The van der Waals surface area contributed by atoms with Crippen molar-refractivity contribution in [2.24, 2.45) is 0 Å². The van der Waals surface area contributed by atoms with Gasteiger partial charge in [-0.1, -0.05) is 0 Å². The minimum Gasteiger partial charge on any atom is -0.481 e. The number of carboxylic acid groups (broad SMARTS) is 1. The lowest BCUT2D eigenvalue weighted by Crippen LogP contribution is -2.55. The van der Waals surface area contributed by atoms with Crippen LogP contribution in [0.2, 0.25) is 0 Å². The molecule has 3 N–H and O–H groups in total. The second kappa shape index (κ2) is 5.37. The van der Waals surface area contributed by atoms with Crippen LogP contribution in [0, 0.1) is 0 Å². The van der Waals surface area contributed by atoms with Gasteiger partial charge in [0.05, 0.1) is 12.0 Å². The number of aliphatic carboxylic acids is 1. The minimum atomic E-state index is -0.880. The van der Waals surface area contributed by atoms with E-state index in [1.807, 2.05) is 29.6 Å². The van der Waals surface area contributed by atoms with Crippen molar-refractivity contribution in [2.45, 2.75) is 31.2 Å². The van der Waals surface area contributed by atoms with Crippen LogP contribution in [-0.4, -0.2) is 22.6 Å². The van der Waals surface area contributed by atoms with Crippen LogP contribution < -0.4 is 10.6 Å². The monoisotopic (exact) mass is 304 g/mol. The van der Waals surface area contributed by atoms with Gasteiger partial charge in [-0.05, 0) is 54.3 Å². The van der Waals surface area contributed by atoms with Crippen LogP contribution >= 0.6 is 11.3 Å². The number of thiophene rings is 1. The zero-order chi connectivity index (χ0) is 14.9. The van der Waals surface area contributed by atoms with Crippen LogP contribution in [0.1, 0.15) is 25.7 Å². The highest BCUT2D eigenvalue weighted by molar-refractivity contribution is 7.17. The molecule has 0 spiro atoms. The number of fused-ring (bicyclic) bond motifs is 1. The number of carbonyl (C=O) groups is 2. The number of carbonyl (C=O) groups excluding carboxylic acids is 1. The van der Waals surface area contributed by atoms with Crippen LogP contribution in [0.25, 0.3) is 10.1 Å². The summed E-state index contributed by atoms with van der Waals surface area (Å²) in [7, 11) is 0. The second-order valence-corrected chi connectivity index (χ2v) is 6.40. The van der Waals surface area contributed by atoms with Gasteiger partial charge in [-0.3, -0.25) is 4.79 Å². The van der Waals surface area contributed by atoms with Gasteiger partial charge in [0.1, 0.15) is 0 Å². The molecule has 2 aromatic rings. The number of anilines is 1. The SMILES string of the molecule is O=C(O)CC1(NC(=O)Nc2ccc3sccc3c2)CCC1. The number of hydrogen-bond acceptors (Lipinski definition) is 3. The molecule has 5 nitrogen and oxygen atoms in total. The lowest BCUT2D eigenvalue weighted by molar-refractivity contribution is -0.139. The van der Waals surface area contributed by atoms with Crippen molar-refractivity contribution in [3.63, 3.8) is 0 Å².